The summed E-state index contributed by atoms with van der Waals surface area (Å²) in [5, 5.41) is 7.69. The Morgan fingerprint density at radius 2 is 2.20 bits per heavy atom. The lowest BCUT2D eigenvalue weighted by molar-refractivity contribution is 0.0166. The molecule has 25 heavy (non-hydrogen) atoms. The van der Waals surface area contributed by atoms with Crippen LogP contribution in [0.1, 0.15) is 75.0 Å². The van der Waals surface area contributed by atoms with Crippen LogP contribution < -0.4 is 5.32 Å². The third-order valence-electron chi connectivity index (χ3n) is 4.67. The molecule has 0 radical (unpaired) electrons. The molecule has 6 heteroatoms. The summed E-state index contributed by atoms with van der Waals surface area (Å²) in [6.45, 7) is 9.00. The largest absolute Gasteiger partial charge is 0.379 e. The molecule has 0 bridgehead atoms. The second-order valence-corrected chi connectivity index (χ2v) is 8.13. The number of hydrogen-bond acceptors (Lipinski definition) is 4. The zero-order valence-corrected chi connectivity index (χ0v) is 15.7. The van der Waals surface area contributed by atoms with Crippen LogP contribution in [0.15, 0.2) is 6.07 Å². The Morgan fingerprint density at radius 3 is 2.84 bits per heavy atom. The summed E-state index contributed by atoms with van der Waals surface area (Å²) in [4.78, 5) is 12.6. The zero-order chi connectivity index (χ0) is 17.9. The highest BCUT2D eigenvalue weighted by Crippen LogP contribution is 2.40. The van der Waals surface area contributed by atoms with Gasteiger partial charge in [-0.25, -0.2) is 0 Å². The number of carbonyl (C=O) groups excluding carboxylic acids is 1. The maximum atomic E-state index is 12.6. The van der Waals surface area contributed by atoms with Crippen LogP contribution in [0.3, 0.4) is 0 Å². The smallest absolute Gasteiger partial charge is 0.269 e. The Balaban J connectivity index is 1.44. The van der Waals surface area contributed by atoms with E-state index in [-0.39, 0.29) is 17.6 Å². The molecular formula is C19H31N3O3. The number of aromatic nitrogens is 2. The Kier molecular flexibility index (Phi) is 5.79. The summed E-state index contributed by atoms with van der Waals surface area (Å²) in [5.41, 5.74) is 1.51. The van der Waals surface area contributed by atoms with Gasteiger partial charge in [0, 0.05) is 25.7 Å². The molecule has 1 saturated carbocycles. The van der Waals surface area contributed by atoms with Gasteiger partial charge in [-0.15, -0.1) is 0 Å². The van der Waals surface area contributed by atoms with E-state index in [0.29, 0.717) is 31.4 Å². The van der Waals surface area contributed by atoms with Gasteiger partial charge in [0.2, 0.25) is 0 Å². The number of nitrogens with one attached hydrogen (secondary N) is 1. The number of carbonyl (C=O) groups is 1. The molecule has 0 spiro atoms. The fraction of sp³-hybridized carbons (Fsp3) is 0.789. The average molecular weight is 349 g/mol. The van der Waals surface area contributed by atoms with Crippen LogP contribution in [-0.4, -0.2) is 48.2 Å². The molecule has 1 saturated heterocycles. The minimum absolute atomic E-state index is 0.0477. The van der Waals surface area contributed by atoms with Gasteiger partial charge in [-0.05, 0) is 58.9 Å². The van der Waals surface area contributed by atoms with Gasteiger partial charge in [-0.2, -0.15) is 5.10 Å². The first-order valence-electron chi connectivity index (χ1n) is 9.53. The maximum Gasteiger partial charge on any atom is 0.269 e. The molecule has 1 aromatic heterocycles. The molecule has 2 fully saturated rings. The third kappa shape index (κ3) is 5.05. The summed E-state index contributed by atoms with van der Waals surface area (Å²) in [6, 6.07) is 1.96. The van der Waals surface area contributed by atoms with Crippen LogP contribution in [-0.2, 0) is 15.0 Å². The molecule has 2 aliphatic rings. The normalized spacial score (nSPS) is 20.8. The van der Waals surface area contributed by atoms with Crippen molar-refractivity contribution in [3.05, 3.63) is 17.5 Å². The molecule has 3 rings (SSSR count). The van der Waals surface area contributed by atoms with Crippen LogP contribution in [0.2, 0.25) is 0 Å². The topological polar surface area (TPSA) is 65.4 Å². The van der Waals surface area contributed by atoms with Crippen LogP contribution in [0.25, 0.3) is 0 Å². The quantitative estimate of drug-likeness (QED) is 0.733. The zero-order valence-electron chi connectivity index (χ0n) is 15.7. The number of rotatable bonds is 8. The van der Waals surface area contributed by atoms with Gasteiger partial charge in [-0.1, -0.05) is 0 Å². The Bertz CT molecular complexity index is 581. The second kappa shape index (κ2) is 7.87. The number of hydrogen-bond donors (Lipinski definition) is 1. The molecule has 6 nitrogen and oxygen atoms in total. The SMILES string of the molecule is CC(C)(C)n1nc(C2CC2)cc1C(=O)NCCCOCC1CCCO1. The maximum absolute atomic E-state index is 12.6. The summed E-state index contributed by atoms with van der Waals surface area (Å²) >= 11 is 0. The van der Waals surface area contributed by atoms with Gasteiger partial charge in [0.25, 0.3) is 5.91 Å². The monoisotopic (exact) mass is 349 g/mol. The minimum atomic E-state index is -0.204. The standard InChI is InChI=1S/C19H31N3O3/c1-19(2,3)22-17(12-16(21-22)14-7-8-14)18(23)20-9-5-10-24-13-15-6-4-11-25-15/h12,14-15H,4-11,13H2,1-3H3,(H,20,23). The number of amides is 1. The van der Waals surface area contributed by atoms with Gasteiger partial charge in [-0.3, -0.25) is 9.48 Å². The fourth-order valence-corrected chi connectivity index (χ4v) is 3.11. The van der Waals surface area contributed by atoms with Gasteiger partial charge in [0.1, 0.15) is 5.69 Å². The summed E-state index contributed by atoms with van der Waals surface area (Å²) in [7, 11) is 0. The van der Waals surface area contributed by atoms with E-state index in [1.54, 1.807) is 0 Å². The predicted octanol–water partition coefficient (Wildman–Crippen LogP) is 2.83. The summed E-state index contributed by atoms with van der Waals surface area (Å²) in [5.74, 6) is 0.495. The third-order valence-corrected chi connectivity index (χ3v) is 4.67. The van der Waals surface area contributed by atoms with Crippen molar-refractivity contribution in [2.75, 3.05) is 26.4 Å². The highest BCUT2D eigenvalue weighted by atomic mass is 16.5. The van der Waals surface area contributed by atoms with E-state index in [1.807, 2.05) is 10.7 Å². The van der Waals surface area contributed by atoms with Crippen LogP contribution in [0, 0.1) is 0 Å². The van der Waals surface area contributed by atoms with E-state index in [1.165, 1.54) is 12.8 Å². The first-order valence-corrected chi connectivity index (χ1v) is 9.53. The Morgan fingerprint density at radius 1 is 1.40 bits per heavy atom. The average Bonchev–Trinajstić information content (AvgIpc) is 3.10. The molecule has 1 N–H and O–H groups in total. The van der Waals surface area contributed by atoms with Crippen molar-refractivity contribution in [1.82, 2.24) is 15.1 Å². The van der Waals surface area contributed by atoms with E-state index < -0.39 is 0 Å². The summed E-state index contributed by atoms with van der Waals surface area (Å²) in [6.07, 6.45) is 5.66. The van der Waals surface area contributed by atoms with Crippen molar-refractivity contribution in [3.8, 4) is 0 Å². The molecule has 1 aliphatic carbocycles. The van der Waals surface area contributed by atoms with E-state index >= 15 is 0 Å². The van der Waals surface area contributed by atoms with Gasteiger partial charge < -0.3 is 14.8 Å². The van der Waals surface area contributed by atoms with E-state index in [4.69, 9.17) is 9.47 Å². The van der Waals surface area contributed by atoms with Gasteiger partial charge >= 0.3 is 0 Å². The minimum Gasteiger partial charge on any atom is -0.379 e. The first kappa shape index (κ1) is 18.4. The summed E-state index contributed by atoms with van der Waals surface area (Å²) < 4.78 is 13.0. The van der Waals surface area contributed by atoms with Crippen molar-refractivity contribution < 1.29 is 14.3 Å². The second-order valence-electron chi connectivity index (χ2n) is 8.13. The highest BCUT2D eigenvalue weighted by molar-refractivity contribution is 5.92. The van der Waals surface area contributed by atoms with Crippen molar-refractivity contribution in [2.45, 2.75) is 70.4 Å². The van der Waals surface area contributed by atoms with Crippen molar-refractivity contribution in [2.24, 2.45) is 0 Å². The van der Waals surface area contributed by atoms with E-state index in [0.717, 1.165) is 31.6 Å². The molecule has 1 atom stereocenters. The van der Waals surface area contributed by atoms with E-state index in [9.17, 15) is 4.79 Å². The van der Waals surface area contributed by atoms with Crippen molar-refractivity contribution >= 4 is 5.91 Å². The van der Waals surface area contributed by atoms with Crippen LogP contribution in [0.4, 0.5) is 0 Å². The molecule has 1 aliphatic heterocycles. The predicted molar refractivity (Wildman–Crippen MR) is 95.9 cm³/mol. The molecule has 1 aromatic rings. The molecule has 2 heterocycles. The van der Waals surface area contributed by atoms with Gasteiger partial charge in [0.05, 0.1) is 23.9 Å². The van der Waals surface area contributed by atoms with Crippen molar-refractivity contribution in [1.29, 1.82) is 0 Å². The highest BCUT2D eigenvalue weighted by Gasteiger charge is 2.31. The van der Waals surface area contributed by atoms with Crippen LogP contribution in [0.5, 0.6) is 0 Å². The molecule has 1 unspecified atom stereocenters. The number of nitrogens with zero attached hydrogens (tertiary/aromatic N) is 2. The first-order chi connectivity index (χ1) is 11.9. The lowest BCUT2D eigenvalue weighted by Crippen LogP contribution is -2.33. The molecule has 1 amide bonds. The molecule has 140 valence electrons. The fourth-order valence-electron chi connectivity index (χ4n) is 3.11. The Labute approximate surface area is 150 Å². The lowest BCUT2D eigenvalue weighted by Gasteiger charge is -2.22. The number of ether oxygens (including phenoxy) is 2. The van der Waals surface area contributed by atoms with E-state index in [2.05, 4.69) is 31.2 Å². The lowest BCUT2D eigenvalue weighted by atomic mass is 10.1. The molecule has 0 aromatic carbocycles. The van der Waals surface area contributed by atoms with Crippen LogP contribution >= 0.6 is 0 Å². The van der Waals surface area contributed by atoms with Gasteiger partial charge in [0.15, 0.2) is 0 Å². The molecular weight excluding hydrogens is 318 g/mol. The Hall–Kier alpha value is -1.40. The van der Waals surface area contributed by atoms with Crippen molar-refractivity contribution in [3.63, 3.8) is 0 Å².